The molecule has 93 heavy (non-hydrogen) atoms. The van der Waals surface area contributed by atoms with Gasteiger partial charge in [-0.2, -0.15) is 0 Å². The smallest absolute Gasteiger partial charge is 0.463 e. The lowest BCUT2D eigenvalue weighted by Crippen LogP contribution is -2.30. The molecule has 0 saturated heterocycles. The van der Waals surface area contributed by atoms with Gasteiger partial charge in [-0.1, -0.05) is 264 Å². The molecule has 0 spiro atoms. The van der Waals surface area contributed by atoms with Crippen molar-refractivity contribution in [2.45, 2.75) is 296 Å². The van der Waals surface area contributed by atoms with Crippen LogP contribution in [0.5, 0.6) is 0 Å². The molecule has 0 aromatic rings. The molecule has 0 heterocycles. The molecule has 0 amide bonds. The third-order valence-electron chi connectivity index (χ3n) is 14.7. The van der Waals surface area contributed by atoms with Crippen molar-refractivity contribution >= 4 is 33.6 Å². The van der Waals surface area contributed by atoms with E-state index in [0.717, 1.165) is 154 Å². The fraction of sp³-hybridized carbons (Fsp3) is 0.693. The second kappa shape index (κ2) is 67.9. The lowest BCUT2D eigenvalue weighted by atomic mass is 10.1. The molecule has 0 bridgehead atoms. The van der Waals surface area contributed by atoms with Crippen LogP contribution in [0.3, 0.4) is 0 Å². The Balaban J connectivity index is 4.57. The van der Waals surface area contributed by atoms with Crippen molar-refractivity contribution in [1.29, 1.82) is 0 Å². The zero-order chi connectivity index (χ0) is 68.1. The lowest BCUT2D eigenvalue weighted by molar-refractivity contribution is -0.161. The minimum atomic E-state index is -4.93. The van der Waals surface area contributed by atoms with Gasteiger partial charge in [0.05, 0.1) is 26.4 Å². The molecule has 0 aromatic heterocycles. The van der Waals surface area contributed by atoms with Gasteiger partial charge < -0.3 is 34.2 Å². The molecule has 534 valence electrons. The highest BCUT2D eigenvalue weighted by Crippen LogP contribution is 2.45. The third-order valence-corrected chi connectivity index (χ3v) is 16.6. The van der Waals surface area contributed by atoms with Crippen molar-refractivity contribution in [1.82, 2.24) is 0 Å². The predicted octanol–water partition coefficient (Wildman–Crippen LogP) is 20.2. The van der Waals surface area contributed by atoms with Gasteiger partial charge in [0.1, 0.15) is 25.4 Å². The SMILES string of the molecule is CC/C=C\C/C=C\C/C=C\C/C=C\C/C=C\C/C=C\CCCCCCCCC(=O)OCC(O)COP(=O)(O)OCC(O)COP(=O)(O)OCC(COC(=O)CCCCCCC/C=C\C/C=C\C/C=C\C/C=C\CCCCC)OC(=O)CCCCCCCCCCCCC. The minimum Gasteiger partial charge on any atom is -0.463 e. The maximum atomic E-state index is 12.9. The van der Waals surface area contributed by atoms with Crippen LogP contribution in [-0.2, 0) is 55.8 Å². The number of phosphoric ester groups is 2. The standard InChI is InChI=1S/C75H128O16P2/c1-4-7-10-13-16-19-22-24-26-28-30-32-33-34-35-37-39-40-42-44-47-49-52-55-58-61-73(78)85-64-70(76)65-87-92(81,82)88-66-71(77)67-89-93(83,84)90-69-72(91-75(80)63-60-57-54-51-46-21-18-15-12-9-6-3)68-86-74(79)62-59-56-53-50-48-45-43-41-38-36-31-29-27-25-23-20-17-14-11-8-5-2/h7,10,16-17,19-20,24-27,30-32,34-36,39-41,43,70-72,76-77H,4-6,8-9,11-15,18,21-23,28-29,33,37-38,42,44-69H2,1-3H3,(H,81,82)(H,83,84)/b10-7-,19-16-,20-17-,26-24-,27-25-,32-30-,35-34-,36-31-,40-39-,43-41-. The number of aliphatic hydroxyl groups is 2. The maximum absolute atomic E-state index is 12.9. The average molecular weight is 1350 g/mol. The molecule has 0 aliphatic heterocycles. The number of esters is 3. The molecule has 4 N–H and O–H groups in total. The van der Waals surface area contributed by atoms with E-state index in [1.54, 1.807) is 0 Å². The van der Waals surface area contributed by atoms with Gasteiger partial charge in [-0.3, -0.25) is 32.5 Å². The number of carbonyl (C=O) groups is 3. The molecular weight excluding hydrogens is 1220 g/mol. The highest BCUT2D eigenvalue weighted by atomic mass is 31.2. The fourth-order valence-corrected chi connectivity index (χ4v) is 10.8. The first-order valence-corrected chi connectivity index (χ1v) is 38.8. The summed E-state index contributed by atoms with van der Waals surface area (Å²) in [5.41, 5.74) is 0. The Morgan fingerprint density at radius 2 is 0.570 bits per heavy atom. The number of hydrogen-bond acceptors (Lipinski definition) is 14. The van der Waals surface area contributed by atoms with Gasteiger partial charge in [0.25, 0.3) is 0 Å². The van der Waals surface area contributed by atoms with E-state index in [1.807, 2.05) is 0 Å². The zero-order valence-electron chi connectivity index (χ0n) is 57.9. The summed E-state index contributed by atoms with van der Waals surface area (Å²) < 4.78 is 60.9. The van der Waals surface area contributed by atoms with Crippen molar-refractivity contribution in [3.63, 3.8) is 0 Å². The van der Waals surface area contributed by atoms with Crippen molar-refractivity contribution < 1.29 is 75.8 Å². The first-order valence-electron chi connectivity index (χ1n) is 35.8. The summed E-state index contributed by atoms with van der Waals surface area (Å²) in [6.45, 7) is 2.48. The Labute approximate surface area is 563 Å². The Hall–Kier alpha value is -4.05. The summed E-state index contributed by atoms with van der Waals surface area (Å²) in [4.78, 5) is 58.4. The normalized spacial score (nSPS) is 14.9. The number of carbonyl (C=O) groups excluding carboxylic acids is 3. The molecule has 0 fully saturated rings. The quantitative estimate of drug-likeness (QED) is 0.0146. The van der Waals surface area contributed by atoms with Gasteiger partial charge in [-0.15, -0.1) is 0 Å². The van der Waals surface area contributed by atoms with Crippen molar-refractivity contribution in [3.05, 3.63) is 122 Å². The summed E-state index contributed by atoms with van der Waals surface area (Å²) in [5, 5.41) is 20.6. The Bertz CT molecular complexity index is 2180. The molecule has 0 rings (SSSR count). The number of rotatable bonds is 67. The van der Waals surface area contributed by atoms with E-state index in [-0.39, 0.29) is 19.3 Å². The second-order valence-corrected chi connectivity index (χ2v) is 26.6. The highest BCUT2D eigenvalue weighted by molar-refractivity contribution is 7.47. The van der Waals surface area contributed by atoms with Gasteiger partial charge in [0, 0.05) is 19.3 Å². The van der Waals surface area contributed by atoms with E-state index in [0.29, 0.717) is 19.3 Å². The summed E-state index contributed by atoms with van der Waals surface area (Å²) >= 11 is 0. The van der Waals surface area contributed by atoms with Crippen molar-refractivity contribution in [2.24, 2.45) is 0 Å². The Morgan fingerprint density at radius 1 is 0.312 bits per heavy atom. The minimum absolute atomic E-state index is 0.100. The molecule has 0 saturated carbocycles. The van der Waals surface area contributed by atoms with E-state index in [4.69, 9.17) is 32.3 Å². The summed E-state index contributed by atoms with van der Waals surface area (Å²) in [5.74, 6) is -1.61. The second-order valence-electron chi connectivity index (χ2n) is 23.7. The number of allylic oxidation sites excluding steroid dienone is 20. The number of phosphoric acid groups is 2. The van der Waals surface area contributed by atoms with Gasteiger partial charge >= 0.3 is 33.6 Å². The summed E-state index contributed by atoms with van der Waals surface area (Å²) in [7, 11) is -9.79. The molecule has 5 atom stereocenters. The van der Waals surface area contributed by atoms with Crippen LogP contribution in [0.4, 0.5) is 0 Å². The number of hydrogen-bond donors (Lipinski definition) is 4. The van der Waals surface area contributed by atoms with E-state index < -0.39 is 91.5 Å². The van der Waals surface area contributed by atoms with Crippen LogP contribution in [0.1, 0.15) is 278 Å². The molecule has 0 radical (unpaired) electrons. The molecular formula is C75H128O16P2. The topological polar surface area (TPSA) is 231 Å². The Kier molecular flexibility index (Phi) is 65.0. The first kappa shape index (κ1) is 89.0. The number of aliphatic hydroxyl groups excluding tert-OH is 2. The molecule has 0 aliphatic carbocycles. The van der Waals surface area contributed by atoms with Crippen LogP contribution >= 0.6 is 15.6 Å². The maximum Gasteiger partial charge on any atom is 0.472 e. The van der Waals surface area contributed by atoms with E-state index in [2.05, 4.69) is 142 Å². The third kappa shape index (κ3) is 69.1. The van der Waals surface area contributed by atoms with Crippen LogP contribution in [-0.4, -0.2) is 95.9 Å². The van der Waals surface area contributed by atoms with Gasteiger partial charge in [-0.25, -0.2) is 9.13 Å². The van der Waals surface area contributed by atoms with Crippen LogP contribution in [0, 0.1) is 0 Å². The lowest BCUT2D eigenvalue weighted by Gasteiger charge is -2.21. The first-order chi connectivity index (χ1) is 45.2. The summed E-state index contributed by atoms with van der Waals surface area (Å²) in [6.07, 6.45) is 78.2. The van der Waals surface area contributed by atoms with Gasteiger partial charge in [0.15, 0.2) is 6.10 Å². The van der Waals surface area contributed by atoms with E-state index in [1.165, 1.54) is 64.2 Å². The molecule has 0 aliphatic rings. The van der Waals surface area contributed by atoms with Crippen LogP contribution in [0.15, 0.2) is 122 Å². The molecule has 18 heteroatoms. The molecule has 0 aromatic carbocycles. The largest absolute Gasteiger partial charge is 0.472 e. The van der Waals surface area contributed by atoms with E-state index >= 15 is 0 Å². The highest BCUT2D eigenvalue weighted by Gasteiger charge is 2.29. The number of ether oxygens (including phenoxy) is 3. The summed E-state index contributed by atoms with van der Waals surface area (Å²) in [6, 6.07) is 0. The molecule has 5 unspecified atom stereocenters. The van der Waals surface area contributed by atoms with Crippen molar-refractivity contribution in [2.75, 3.05) is 39.6 Å². The van der Waals surface area contributed by atoms with Gasteiger partial charge in [-0.05, 0) is 116 Å². The van der Waals surface area contributed by atoms with Gasteiger partial charge in [0.2, 0.25) is 0 Å². The predicted molar refractivity (Wildman–Crippen MR) is 380 cm³/mol. The molecule has 16 nitrogen and oxygen atoms in total. The van der Waals surface area contributed by atoms with E-state index in [9.17, 15) is 43.5 Å². The van der Waals surface area contributed by atoms with Crippen LogP contribution in [0.2, 0.25) is 0 Å². The van der Waals surface area contributed by atoms with Crippen LogP contribution in [0.25, 0.3) is 0 Å². The zero-order valence-corrected chi connectivity index (χ0v) is 59.7. The van der Waals surface area contributed by atoms with Crippen LogP contribution < -0.4 is 0 Å². The number of unbranched alkanes of at least 4 members (excludes halogenated alkanes) is 24. The Morgan fingerprint density at radius 3 is 0.925 bits per heavy atom. The fourth-order valence-electron chi connectivity index (χ4n) is 9.20. The van der Waals surface area contributed by atoms with Crippen molar-refractivity contribution in [3.8, 4) is 0 Å². The average Bonchev–Trinajstić information content (AvgIpc) is 3.64. The monoisotopic (exact) mass is 1350 g/mol.